The van der Waals surface area contributed by atoms with Crippen LogP contribution >= 0.6 is 46.6 Å². The zero-order valence-corrected chi connectivity index (χ0v) is 20.2. The van der Waals surface area contributed by atoms with Gasteiger partial charge in [0.25, 0.3) is 0 Å². The highest BCUT2D eigenvalue weighted by molar-refractivity contribution is 7.99. The van der Waals surface area contributed by atoms with Crippen molar-refractivity contribution in [3.8, 4) is 0 Å². The lowest BCUT2D eigenvalue weighted by Gasteiger charge is -2.29. The standard InChI is InChI=1S/C22H25Cl3N2O2S/c1-14(2)26-22(29)15(3)27(11-16-7-8-19(24)20(25)10-16)21(28)13-30-12-17-5-4-6-18(23)9-17/h4-10,14-15H,11-13H2,1-3H3,(H,26,29)/t15-/m1/s1. The first-order valence-corrected chi connectivity index (χ1v) is 11.8. The van der Waals surface area contributed by atoms with E-state index in [9.17, 15) is 9.59 Å². The Kier molecular flexibility index (Phi) is 9.82. The van der Waals surface area contributed by atoms with Gasteiger partial charge in [-0.25, -0.2) is 0 Å². The van der Waals surface area contributed by atoms with Gasteiger partial charge in [-0.1, -0.05) is 53.0 Å². The van der Waals surface area contributed by atoms with Crippen LogP contribution in [0.15, 0.2) is 42.5 Å². The summed E-state index contributed by atoms with van der Waals surface area (Å²) in [5.41, 5.74) is 1.85. The first-order valence-electron chi connectivity index (χ1n) is 9.53. The Morgan fingerprint density at radius 1 is 1.00 bits per heavy atom. The molecule has 4 nitrogen and oxygen atoms in total. The molecule has 0 heterocycles. The van der Waals surface area contributed by atoms with E-state index in [0.717, 1.165) is 11.1 Å². The van der Waals surface area contributed by atoms with Crippen molar-refractivity contribution in [2.24, 2.45) is 0 Å². The molecule has 0 fully saturated rings. The lowest BCUT2D eigenvalue weighted by atomic mass is 10.1. The minimum Gasteiger partial charge on any atom is -0.352 e. The smallest absolute Gasteiger partial charge is 0.242 e. The second kappa shape index (κ2) is 11.8. The Morgan fingerprint density at radius 2 is 1.73 bits per heavy atom. The summed E-state index contributed by atoms with van der Waals surface area (Å²) in [4.78, 5) is 27.2. The molecule has 0 saturated heterocycles. The summed E-state index contributed by atoms with van der Waals surface area (Å²) in [6, 6.07) is 12.1. The summed E-state index contributed by atoms with van der Waals surface area (Å²) in [6.07, 6.45) is 0. The van der Waals surface area contributed by atoms with E-state index in [4.69, 9.17) is 34.8 Å². The maximum atomic E-state index is 13.0. The normalized spacial score (nSPS) is 12.0. The van der Waals surface area contributed by atoms with E-state index in [0.29, 0.717) is 20.8 Å². The van der Waals surface area contributed by atoms with Crippen LogP contribution in [0.1, 0.15) is 31.9 Å². The van der Waals surface area contributed by atoms with Gasteiger partial charge in [-0.2, -0.15) is 0 Å². The zero-order chi connectivity index (χ0) is 22.3. The topological polar surface area (TPSA) is 49.4 Å². The minimum absolute atomic E-state index is 0.0147. The Balaban J connectivity index is 2.10. The molecular weight excluding hydrogens is 463 g/mol. The lowest BCUT2D eigenvalue weighted by Crippen LogP contribution is -2.49. The van der Waals surface area contributed by atoms with Gasteiger partial charge >= 0.3 is 0 Å². The molecule has 0 aliphatic carbocycles. The highest BCUT2D eigenvalue weighted by atomic mass is 35.5. The number of carbonyl (C=O) groups is 2. The number of nitrogens with zero attached hydrogens (tertiary/aromatic N) is 1. The molecule has 1 N–H and O–H groups in total. The summed E-state index contributed by atoms with van der Waals surface area (Å²) >= 11 is 19.6. The predicted molar refractivity (Wildman–Crippen MR) is 127 cm³/mol. The monoisotopic (exact) mass is 486 g/mol. The van der Waals surface area contributed by atoms with Crippen LogP contribution in [0.25, 0.3) is 0 Å². The molecule has 0 bridgehead atoms. The number of hydrogen-bond acceptors (Lipinski definition) is 3. The molecule has 0 aliphatic heterocycles. The molecule has 0 radical (unpaired) electrons. The first kappa shape index (κ1) is 24.9. The summed E-state index contributed by atoms with van der Waals surface area (Å²) in [5.74, 6) is 0.574. The van der Waals surface area contributed by atoms with Gasteiger partial charge in [0.2, 0.25) is 11.8 Å². The van der Waals surface area contributed by atoms with E-state index in [-0.39, 0.29) is 30.2 Å². The van der Waals surface area contributed by atoms with Crippen LogP contribution in [0.2, 0.25) is 15.1 Å². The quantitative estimate of drug-likeness (QED) is 0.485. The van der Waals surface area contributed by atoms with Crippen molar-refractivity contribution in [2.75, 3.05) is 5.75 Å². The van der Waals surface area contributed by atoms with Gasteiger partial charge in [0.05, 0.1) is 15.8 Å². The fourth-order valence-corrected chi connectivity index (χ4v) is 4.18. The largest absolute Gasteiger partial charge is 0.352 e. The summed E-state index contributed by atoms with van der Waals surface area (Å²) in [6.45, 7) is 5.77. The Labute approximate surface area is 197 Å². The zero-order valence-electron chi connectivity index (χ0n) is 17.1. The maximum Gasteiger partial charge on any atom is 0.242 e. The third kappa shape index (κ3) is 7.69. The fourth-order valence-electron chi connectivity index (χ4n) is 2.79. The van der Waals surface area contributed by atoms with Gasteiger partial charge in [-0.15, -0.1) is 11.8 Å². The third-order valence-corrected chi connectivity index (χ3v) is 6.28. The third-order valence-electron chi connectivity index (χ3n) is 4.32. The van der Waals surface area contributed by atoms with Gasteiger partial charge in [0.15, 0.2) is 0 Å². The average molecular weight is 488 g/mol. The Morgan fingerprint density at radius 3 is 2.37 bits per heavy atom. The molecular formula is C22H25Cl3N2O2S. The van der Waals surface area contributed by atoms with E-state index < -0.39 is 6.04 Å². The van der Waals surface area contributed by atoms with E-state index in [1.165, 1.54) is 11.8 Å². The Hall–Kier alpha value is -1.40. The molecule has 30 heavy (non-hydrogen) atoms. The molecule has 2 aromatic carbocycles. The minimum atomic E-state index is -0.624. The van der Waals surface area contributed by atoms with Gasteiger partial charge in [-0.05, 0) is 56.2 Å². The summed E-state index contributed by atoms with van der Waals surface area (Å²) in [7, 11) is 0. The second-order valence-electron chi connectivity index (χ2n) is 7.23. The molecule has 1 atom stereocenters. The molecule has 2 amide bonds. The average Bonchev–Trinajstić information content (AvgIpc) is 2.67. The number of amides is 2. The maximum absolute atomic E-state index is 13.0. The van der Waals surface area contributed by atoms with E-state index >= 15 is 0 Å². The van der Waals surface area contributed by atoms with Crippen molar-refractivity contribution in [2.45, 2.75) is 45.2 Å². The molecule has 0 unspecified atom stereocenters. The first-order chi connectivity index (χ1) is 14.2. The number of thioether (sulfide) groups is 1. The molecule has 2 rings (SSSR count). The number of nitrogens with one attached hydrogen (secondary N) is 1. The van der Waals surface area contributed by atoms with E-state index in [1.807, 2.05) is 38.1 Å². The second-order valence-corrected chi connectivity index (χ2v) is 9.47. The highest BCUT2D eigenvalue weighted by Gasteiger charge is 2.26. The predicted octanol–water partition coefficient (Wildman–Crippen LogP) is 5.82. The lowest BCUT2D eigenvalue weighted by molar-refractivity contribution is -0.138. The van der Waals surface area contributed by atoms with Crippen LogP contribution in [0, 0.1) is 0 Å². The van der Waals surface area contributed by atoms with Gasteiger partial charge < -0.3 is 10.2 Å². The number of rotatable bonds is 9. The highest BCUT2D eigenvalue weighted by Crippen LogP contribution is 2.24. The summed E-state index contributed by atoms with van der Waals surface area (Å²) in [5, 5.41) is 4.40. The number of hydrogen-bond donors (Lipinski definition) is 1. The van der Waals surface area contributed by atoms with Crippen molar-refractivity contribution in [3.05, 3.63) is 68.7 Å². The molecule has 0 aliphatic rings. The van der Waals surface area contributed by atoms with Crippen LogP contribution in [0.3, 0.4) is 0 Å². The SMILES string of the molecule is CC(C)NC(=O)[C@@H](C)N(Cc1ccc(Cl)c(Cl)c1)C(=O)CSCc1cccc(Cl)c1. The van der Waals surface area contributed by atoms with Crippen LogP contribution in [-0.2, 0) is 21.9 Å². The Bertz CT molecular complexity index is 892. The van der Waals surface area contributed by atoms with Crippen molar-refractivity contribution < 1.29 is 9.59 Å². The van der Waals surface area contributed by atoms with E-state index in [1.54, 1.807) is 30.0 Å². The number of halogens is 3. The van der Waals surface area contributed by atoms with Crippen LogP contribution in [0.4, 0.5) is 0 Å². The van der Waals surface area contributed by atoms with Crippen molar-refractivity contribution in [1.29, 1.82) is 0 Å². The van der Waals surface area contributed by atoms with Gasteiger partial charge in [0, 0.05) is 23.4 Å². The van der Waals surface area contributed by atoms with Crippen molar-refractivity contribution >= 4 is 58.4 Å². The molecule has 162 valence electrons. The van der Waals surface area contributed by atoms with Crippen molar-refractivity contribution in [3.63, 3.8) is 0 Å². The molecule has 0 saturated carbocycles. The van der Waals surface area contributed by atoms with Crippen LogP contribution in [-0.4, -0.2) is 34.6 Å². The van der Waals surface area contributed by atoms with Crippen molar-refractivity contribution in [1.82, 2.24) is 10.2 Å². The number of benzene rings is 2. The molecule has 0 aromatic heterocycles. The van der Waals surface area contributed by atoms with E-state index in [2.05, 4.69) is 5.32 Å². The molecule has 0 spiro atoms. The molecule has 2 aromatic rings. The van der Waals surface area contributed by atoms with Crippen LogP contribution in [0.5, 0.6) is 0 Å². The fraction of sp³-hybridized carbons (Fsp3) is 0.364. The van der Waals surface area contributed by atoms with Gasteiger partial charge in [0.1, 0.15) is 6.04 Å². The molecule has 8 heteroatoms. The summed E-state index contributed by atoms with van der Waals surface area (Å²) < 4.78 is 0. The van der Waals surface area contributed by atoms with Gasteiger partial charge in [-0.3, -0.25) is 9.59 Å². The number of carbonyl (C=O) groups excluding carboxylic acids is 2. The van der Waals surface area contributed by atoms with Crippen LogP contribution < -0.4 is 5.32 Å².